The third-order valence-corrected chi connectivity index (χ3v) is 3.35. The summed E-state index contributed by atoms with van der Waals surface area (Å²) in [5.74, 6) is -0.598. The molecule has 1 aliphatic rings. The van der Waals surface area contributed by atoms with Gasteiger partial charge in [0, 0.05) is 6.04 Å². The normalized spacial score (nSPS) is 21.5. The molecule has 0 unspecified atom stereocenters. The number of hydrogen-bond donors (Lipinski definition) is 2. The second-order valence-corrected chi connectivity index (χ2v) is 5.56. The monoisotopic (exact) mass is 318 g/mol. The van der Waals surface area contributed by atoms with E-state index in [-0.39, 0.29) is 23.9 Å². The van der Waals surface area contributed by atoms with Gasteiger partial charge in [0.15, 0.2) is 0 Å². The Morgan fingerprint density at radius 1 is 1.36 bits per heavy atom. The Hall–Kier alpha value is -1.83. The Kier molecular flexibility index (Phi) is 4.60. The van der Waals surface area contributed by atoms with Crippen molar-refractivity contribution >= 4 is 5.91 Å². The van der Waals surface area contributed by atoms with Crippen LogP contribution in [0.15, 0.2) is 16.9 Å². The molecular weight excluding hydrogens is 301 g/mol. The summed E-state index contributed by atoms with van der Waals surface area (Å²) in [6.45, 7) is 3.83. The average Bonchev–Trinajstić information content (AvgIpc) is 2.33. The van der Waals surface area contributed by atoms with Crippen LogP contribution in [0.5, 0.6) is 0 Å². The van der Waals surface area contributed by atoms with E-state index in [0.717, 1.165) is 6.07 Å². The Bertz CT molecular complexity index is 604. The van der Waals surface area contributed by atoms with E-state index in [1.807, 2.05) is 18.8 Å². The van der Waals surface area contributed by atoms with Crippen molar-refractivity contribution in [2.24, 2.45) is 0 Å². The molecule has 122 valence electrons. The van der Waals surface area contributed by atoms with Gasteiger partial charge in [-0.25, -0.2) is 0 Å². The molecule has 0 spiro atoms. The van der Waals surface area contributed by atoms with Crippen LogP contribution < -0.4 is 10.9 Å². The highest BCUT2D eigenvalue weighted by atomic mass is 19.4. The number of nitrogens with one attached hydrogen (secondary N) is 2. The van der Waals surface area contributed by atoms with Crippen LogP contribution in [0.4, 0.5) is 13.2 Å². The SMILES string of the molecule is CC(C)OC1CC(NC(=O)c2ccc(C(F)(F)F)c(=O)[nH]2)C1. The van der Waals surface area contributed by atoms with Crippen molar-refractivity contribution in [3.63, 3.8) is 0 Å². The van der Waals surface area contributed by atoms with Crippen molar-refractivity contribution < 1.29 is 22.7 Å². The summed E-state index contributed by atoms with van der Waals surface area (Å²) < 4.78 is 42.9. The van der Waals surface area contributed by atoms with E-state index in [4.69, 9.17) is 4.74 Å². The van der Waals surface area contributed by atoms with Crippen LogP contribution in [0.2, 0.25) is 0 Å². The molecule has 2 N–H and O–H groups in total. The first-order chi connectivity index (χ1) is 10.2. The number of alkyl halides is 3. The summed E-state index contributed by atoms with van der Waals surface area (Å²) in [4.78, 5) is 25.2. The highest BCUT2D eigenvalue weighted by Gasteiger charge is 2.35. The van der Waals surface area contributed by atoms with Gasteiger partial charge >= 0.3 is 6.18 Å². The van der Waals surface area contributed by atoms with E-state index in [1.54, 1.807) is 0 Å². The van der Waals surface area contributed by atoms with Gasteiger partial charge < -0.3 is 15.0 Å². The molecular formula is C14H17F3N2O3. The van der Waals surface area contributed by atoms with Crippen LogP contribution in [-0.4, -0.2) is 29.1 Å². The van der Waals surface area contributed by atoms with E-state index in [1.165, 1.54) is 0 Å². The standard InChI is InChI=1S/C14H17F3N2O3/c1-7(2)22-9-5-8(6-9)18-13(21)11-4-3-10(12(20)19-11)14(15,16)17/h3-4,7-9H,5-6H2,1-2H3,(H,18,21)(H,19,20). The second-order valence-electron chi connectivity index (χ2n) is 5.56. The van der Waals surface area contributed by atoms with Crippen LogP contribution in [0.3, 0.4) is 0 Å². The molecule has 1 heterocycles. The van der Waals surface area contributed by atoms with E-state index >= 15 is 0 Å². The lowest BCUT2D eigenvalue weighted by Gasteiger charge is -2.36. The number of aromatic nitrogens is 1. The molecule has 2 rings (SSSR count). The molecule has 1 aliphatic carbocycles. The predicted octanol–water partition coefficient (Wildman–Crippen LogP) is 2.08. The molecule has 0 radical (unpaired) electrons. The third-order valence-electron chi connectivity index (χ3n) is 3.35. The lowest BCUT2D eigenvalue weighted by atomic mass is 9.89. The summed E-state index contributed by atoms with van der Waals surface area (Å²) in [5.41, 5.74) is -2.83. The molecule has 0 aliphatic heterocycles. The molecule has 1 fully saturated rings. The first kappa shape index (κ1) is 16.5. The maximum atomic E-state index is 12.5. The zero-order chi connectivity index (χ0) is 16.5. The quantitative estimate of drug-likeness (QED) is 0.893. The predicted molar refractivity (Wildman–Crippen MR) is 72.6 cm³/mol. The highest BCUT2D eigenvalue weighted by Crippen LogP contribution is 2.26. The summed E-state index contributed by atoms with van der Waals surface area (Å²) in [7, 11) is 0. The average molecular weight is 318 g/mol. The van der Waals surface area contributed by atoms with Crippen LogP contribution >= 0.6 is 0 Å². The molecule has 1 aromatic rings. The summed E-state index contributed by atoms with van der Waals surface area (Å²) in [6.07, 6.45) is -3.26. The van der Waals surface area contributed by atoms with Gasteiger partial charge in [0.2, 0.25) is 0 Å². The first-order valence-corrected chi connectivity index (χ1v) is 6.93. The van der Waals surface area contributed by atoms with Gasteiger partial charge in [0.1, 0.15) is 11.3 Å². The first-order valence-electron chi connectivity index (χ1n) is 6.93. The maximum Gasteiger partial charge on any atom is 0.421 e. The zero-order valence-electron chi connectivity index (χ0n) is 12.2. The van der Waals surface area contributed by atoms with Gasteiger partial charge in [-0.05, 0) is 38.8 Å². The van der Waals surface area contributed by atoms with Crippen LogP contribution in [-0.2, 0) is 10.9 Å². The summed E-state index contributed by atoms with van der Waals surface area (Å²) >= 11 is 0. The molecule has 22 heavy (non-hydrogen) atoms. The molecule has 0 saturated heterocycles. The van der Waals surface area contributed by atoms with Crippen molar-refractivity contribution in [3.8, 4) is 0 Å². The van der Waals surface area contributed by atoms with Crippen LogP contribution in [0.25, 0.3) is 0 Å². The molecule has 0 aromatic carbocycles. The Labute approximate surface area is 124 Å². The van der Waals surface area contributed by atoms with Gasteiger partial charge in [-0.15, -0.1) is 0 Å². The van der Waals surface area contributed by atoms with Gasteiger partial charge in [0.05, 0.1) is 12.2 Å². The van der Waals surface area contributed by atoms with Crippen molar-refractivity contribution in [2.45, 2.75) is 51.1 Å². The molecule has 8 heteroatoms. The number of pyridine rings is 1. The van der Waals surface area contributed by atoms with Gasteiger partial charge in [-0.1, -0.05) is 0 Å². The van der Waals surface area contributed by atoms with Crippen molar-refractivity contribution in [3.05, 3.63) is 33.7 Å². The van der Waals surface area contributed by atoms with E-state index in [2.05, 4.69) is 5.32 Å². The van der Waals surface area contributed by atoms with E-state index < -0.39 is 23.2 Å². The topological polar surface area (TPSA) is 71.2 Å². The molecule has 1 saturated carbocycles. The van der Waals surface area contributed by atoms with Gasteiger partial charge in [0.25, 0.3) is 11.5 Å². The fourth-order valence-electron chi connectivity index (χ4n) is 2.27. The number of amides is 1. The van der Waals surface area contributed by atoms with Crippen LogP contribution in [0, 0.1) is 0 Å². The maximum absolute atomic E-state index is 12.5. The molecule has 0 atom stereocenters. The lowest BCUT2D eigenvalue weighted by molar-refractivity contribution is -0.138. The number of hydrogen-bond acceptors (Lipinski definition) is 3. The number of H-pyrrole nitrogens is 1. The third kappa shape index (κ3) is 3.88. The largest absolute Gasteiger partial charge is 0.421 e. The number of ether oxygens (including phenoxy) is 1. The van der Waals surface area contributed by atoms with E-state index in [9.17, 15) is 22.8 Å². The number of aromatic amines is 1. The van der Waals surface area contributed by atoms with Gasteiger partial charge in [-0.3, -0.25) is 9.59 Å². The molecule has 0 bridgehead atoms. The van der Waals surface area contributed by atoms with Crippen molar-refractivity contribution in [1.82, 2.24) is 10.3 Å². The van der Waals surface area contributed by atoms with Gasteiger partial charge in [-0.2, -0.15) is 13.2 Å². The fourth-order valence-corrected chi connectivity index (χ4v) is 2.27. The molecule has 1 amide bonds. The second kappa shape index (κ2) is 6.12. The summed E-state index contributed by atoms with van der Waals surface area (Å²) in [6, 6.07) is 1.47. The van der Waals surface area contributed by atoms with E-state index in [0.29, 0.717) is 18.9 Å². The molecule has 1 aromatic heterocycles. The van der Waals surface area contributed by atoms with Crippen molar-refractivity contribution in [1.29, 1.82) is 0 Å². The lowest BCUT2D eigenvalue weighted by Crippen LogP contribution is -2.48. The minimum absolute atomic E-state index is 0.0805. The molecule has 5 nitrogen and oxygen atoms in total. The zero-order valence-corrected chi connectivity index (χ0v) is 12.2. The fraction of sp³-hybridized carbons (Fsp3) is 0.571. The smallest absolute Gasteiger partial charge is 0.375 e. The number of halogens is 3. The number of rotatable bonds is 4. The highest BCUT2D eigenvalue weighted by molar-refractivity contribution is 5.92. The minimum Gasteiger partial charge on any atom is -0.375 e. The Balaban J connectivity index is 1.95. The Morgan fingerprint density at radius 2 is 2.00 bits per heavy atom. The van der Waals surface area contributed by atoms with Crippen molar-refractivity contribution in [2.75, 3.05) is 0 Å². The number of carbonyl (C=O) groups is 1. The number of carbonyl (C=O) groups excluding carboxylic acids is 1. The summed E-state index contributed by atoms with van der Waals surface area (Å²) in [5, 5.41) is 2.65. The minimum atomic E-state index is -4.74. The van der Waals surface area contributed by atoms with Crippen LogP contribution in [0.1, 0.15) is 42.7 Å². The Morgan fingerprint density at radius 3 is 2.50 bits per heavy atom.